The van der Waals surface area contributed by atoms with E-state index in [1.165, 1.54) is 0 Å². The third-order valence-corrected chi connectivity index (χ3v) is 1.55. The van der Waals surface area contributed by atoms with Crippen LogP contribution in [0.3, 0.4) is 0 Å². The van der Waals surface area contributed by atoms with Crippen molar-refractivity contribution in [3.63, 3.8) is 0 Å². The van der Waals surface area contributed by atoms with Gasteiger partial charge in [-0.05, 0) is 22.0 Å². The van der Waals surface area contributed by atoms with Gasteiger partial charge in [-0.25, -0.2) is 4.98 Å². The summed E-state index contributed by atoms with van der Waals surface area (Å²) >= 11 is 3.30. The molecule has 9 heavy (non-hydrogen) atoms. The minimum Gasteiger partial charge on any atom is -0.372 e. The summed E-state index contributed by atoms with van der Waals surface area (Å²) in [5.41, 5.74) is 0. The van der Waals surface area contributed by atoms with E-state index in [-0.39, 0.29) is 0 Å². The van der Waals surface area contributed by atoms with Gasteiger partial charge in [-0.1, -0.05) is 0 Å². The molecule has 1 rings (SSSR count). The lowest BCUT2D eigenvalue weighted by Gasteiger charge is -1.97. The number of rotatable bonds is 1. The highest BCUT2D eigenvalue weighted by molar-refractivity contribution is 9.10. The zero-order chi connectivity index (χ0) is 6.69. The molecule has 0 aliphatic carbocycles. The van der Waals surface area contributed by atoms with E-state index in [4.69, 9.17) is 0 Å². The first-order chi connectivity index (χ1) is 4.34. The third kappa shape index (κ3) is 1.42. The first kappa shape index (κ1) is 6.55. The van der Waals surface area contributed by atoms with Crippen LogP contribution in [-0.2, 0) is 0 Å². The van der Waals surface area contributed by atoms with Crippen LogP contribution in [0.4, 0.5) is 5.82 Å². The van der Waals surface area contributed by atoms with Gasteiger partial charge in [0.2, 0.25) is 0 Å². The molecule has 1 aromatic heterocycles. The standard InChI is InChI=1S/C6H6BrN2/c1-8-6-5(7)3-2-4-9-6/h3-4H,1H3,(H,8,9). The van der Waals surface area contributed by atoms with Crippen LogP contribution in [0.5, 0.6) is 0 Å². The van der Waals surface area contributed by atoms with Crippen molar-refractivity contribution in [3.8, 4) is 0 Å². The zero-order valence-electron chi connectivity index (χ0n) is 4.98. The van der Waals surface area contributed by atoms with E-state index >= 15 is 0 Å². The Morgan fingerprint density at radius 3 is 3.00 bits per heavy atom. The highest BCUT2D eigenvalue weighted by Crippen LogP contribution is 2.16. The fraction of sp³-hybridized carbons (Fsp3) is 0.167. The number of aromatic nitrogens is 1. The second-order valence-electron chi connectivity index (χ2n) is 1.52. The molecule has 0 atom stereocenters. The highest BCUT2D eigenvalue weighted by atomic mass is 79.9. The molecule has 0 bridgehead atoms. The lowest BCUT2D eigenvalue weighted by atomic mass is 10.5. The maximum absolute atomic E-state index is 3.98. The largest absolute Gasteiger partial charge is 0.372 e. The molecule has 0 saturated carbocycles. The number of hydrogen-bond acceptors (Lipinski definition) is 2. The van der Waals surface area contributed by atoms with Gasteiger partial charge in [-0.3, -0.25) is 0 Å². The van der Waals surface area contributed by atoms with E-state index in [9.17, 15) is 0 Å². The molecule has 1 aromatic rings. The van der Waals surface area contributed by atoms with E-state index in [1.54, 1.807) is 6.20 Å². The third-order valence-electron chi connectivity index (χ3n) is 0.941. The minimum atomic E-state index is 0.841. The summed E-state index contributed by atoms with van der Waals surface area (Å²) in [5.74, 6) is 0.841. The second kappa shape index (κ2) is 2.82. The number of nitrogens with zero attached hydrogens (tertiary/aromatic N) is 1. The Morgan fingerprint density at radius 2 is 2.56 bits per heavy atom. The van der Waals surface area contributed by atoms with Crippen LogP contribution in [0.15, 0.2) is 16.7 Å². The molecule has 0 saturated heterocycles. The zero-order valence-corrected chi connectivity index (χ0v) is 6.57. The molecule has 2 nitrogen and oxygen atoms in total. The summed E-state index contributed by atoms with van der Waals surface area (Å²) in [4.78, 5) is 3.98. The first-order valence-corrected chi connectivity index (χ1v) is 3.33. The van der Waals surface area contributed by atoms with Crippen molar-refractivity contribution < 1.29 is 0 Å². The van der Waals surface area contributed by atoms with Crippen LogP contribution in [0.25, 0.3) is 0 Å². The predicted molar refractivity (Wildman–Crippen MR) is 40.3 cm³/mol. The second-order valence-corrected chi connectivity index (χ2v) is 2.37. The van der Waals surface area contributed by atoms with E-state index in [2.05, 4.69) is 32.3 Å². The Morgan fingerprint density at radius 1 is 1.78 bits per heavy atom. The summed E-state index contributed by atoms with van der Waals surface area (Å²) in [6, 6.07) is 4.66. The van der Waals surface area contributed by atoms with Crippen LogP contribution < -0.4 is 5.32 Å². The molecular formula is C6H6BrN2. The molecular weight excluding hydrogens is 180 g/mol. The van der Waals surface area contributed by atoms with Gasteiger partial charge in [0.1, 0.15) is 5.82 Å². The molecule has 47 valence electrons. The maximum Gasteiger partial charge on any atom is 0.140 e. The molecule has 1 radical (unpaired) electrons. The van der Waals surface area contributed by atoms with Gasteiger partial charge < -0.3 is 5.32 Å². The lowest BCUT2D eigenvalue weighted by Crippen LogP contribution is -1.91. The van der Waals surface area contributed by atoms with Gasteiger partial charge >= 0.3 is 0 Å². The molecule has 0 unspecified atom stereocenters. The predicted octanol–water partition coefficient (Wildman–Crippen LogP) is 1.69. The van der Waals surface area contributed by atoms with Crippen LogP contribution >= 0.6 is 15.9 Å². The van der Waals surface area contributed by atoms with Crippen molar-refractivity contribution in [3.05, 3.63) is 22.8 Å². The Balaban J connectivity index is 3.01. The van der Waals surface area contributed by atoms with Crippen LogP contribution in [0.2, 0.25) is 0 Å². The number of hydrogen-bond donors (Lipinski definition) is 1. The average Bonchev–Trinajstić information content (AvgIpc) is 1.89. The summed E-state index contributed by atoms with van der Waals surface area (Å²) < 4.78 is 0.938. The summed E-state index contributed by atoms with van der Waals surface area (Å²) in [5, 5.41) is 2.92. The number of nitrogens with one attached hydrogen (secondary N) is 1. The van der Waals surface area contributed by atoms with Gasteiger partial charge in [0.05, 0.1) is 4.47 Å². The van der Waals surface area contributed by atoms with Gasteiger partial charge in [0.15, 0.2) is 0 Å². The fourth-order valence-electron chi connectivity index (χ4n) is 0.526. The van der Waals surface area contributed by atoms with Crippen molar-refractivity contribution in [1.82, 2.24) is 4.98 Å². The smallest absolute Gasteiger partial charge is 0.140 e. The topological polar surface area (TPSA) is 24.9 Å². The van der Waals surface area contributed by atoms with Crippen LogP contribution in [0, 0.1) is 6.07 Å². The monoisotopic (exact) mass is 185 g/mol. The average molecular weight is 186 g/mol. The first-order valence-electron chi connectivity index (χ1n) is 2.54. The number of halogens is 1. The SMILES string of the molecule is CNc1nc[c]cc1Br. The molecule has 0 amide bonds. The molecule has 0 spiro atoms. The normalized spacial score (nSPS) is 9.11. The van der Waals surface area contributed by atoms with E-state index in [0.29, 0.717) is 0 Å². The fourth-order valence-corrected chi connectivity index (χ4v) is 0.959. The summed E-state index contributed by atoms with van der Waals surface area (Å²) in [7, 11) is 1.83. The lowest BCUT2D eigenvalue weighted by molar-refractivity contribution is 1.27. The van der Waals surface area contributed by atoms with Crippen LogP contribution in [-0.4, -0.2) is 12.0 Å². The molecule has 3 heteroatoms. The van der Waals surface area contributed by atoms with Crippen molar-refractivity contribution in [2.45, 2.75) is 0 Å². The van der Waals surface area contributed by atoms with E-state index in [1.807, 2.05) is 13.1 Å². The number of pyridine rings is 1. The van der Waals surface area contributed by atoms with E-state index < -0.39 is 0 Å². The maximum atomic E-state index is 3.98. The Bertz CT molecular complexity index is 200. The van der Waals surface area contributed by atoms with Crippen molar-refractivity contribution in [1.29, 1.82) is 0 Å². The van der Waals surface area contributed by atoms with Gasteiger partial charge in [0, 0.05) is 19.3 Å². The van der Waals surface area contributed by atoms with Crippen LogP contribution in [0.1, 0.15) is 0 Å². The Kier molecular flexibility index (Phi) is 2.05. The minimum absolute atomic E-state index is 0.841. The number of anilines is 1. The highest BCUT2D eigenvalue weighted by Gasteiger charge is 1.92. The van der Waals surface area contributed by atoms with Gasteiger partial charge in [-0.2, -0.15) is 0 Å². The van der Waals surface area contributed by atoms with Gasteiger partial charge in [-0.15, -0.1) is 0 Å². The summed E-state index contributed by atoms with van der Waals surface area (Å²) in [6.07, 6.45) is 1.62. The van der Waals surface area contributed by atoms with Gasteiger partial charge in [0.25, 0.3) is 0 Å². The Labute approximate surface area is 62.4 Å². The van der Waals surface area contributed by atoms with Crippen molar-refractivity contribution in [2.24, 2.45) is 0 Å². The molecule has 1 heterocycles. The van der Waals surface area contributed by atoms with Crippen molar-refractivity contribution in [2.75, 3.05) is 12.4 Å². The quantitative estimate of drug-likeness (QED) is 0.721. The molecule has 0 aromatic carbocycles. The Hall–Kier alpha value is -0.570. The van der Waals surface area contributed by atoms with E-state index in [0.717, 1.165) is 10.3 Å². The molecule has 0 aliphatic rings. The molecule has 0 fully saturated rings. The van der Waals surface area contributed by atoms with Crippen molar-refractivity contribution >= 4 is 21.7 Å². The molecule has 1 N–H and O–H groups in total. The summed E-state index contributed by atoms with van der Waals surface area (Å²) in [6.45, 7) is 0. The molecule has 0 aliphatic heterocycles.